The van der Waals surface area contributed by atoms with Gasteiger partial charge in [0.15, 0.2) is 0 Å². The molecule has 2 heterocycles. The van der Waals surface area contributed by atoms with Crippen LogP contribution in [0.4, 0.5) is 0 Å². The fourth-order valence-electron chi connectivity index (χ4n) is 3.61. The van der Waals surface area contributed by atoms with Crippen molar-refractivity contribution in [3.8, 4) is 11.4 Å². The van der Waals surface area contributed by atoms with Gasteiger partial charge in [0.1, 0.15) is 0 Å². The van der Waals surface area contributed by atoms with Gasteiger partial charge < -0.3 is 4.52 Å². The highest BCUT2D eigenvalue weighted by molar-refractivity contribution is 5.52. The van der Waals surface area contributed by atoms with Crippen molar-refractivity contribution >= 4 is 0 Å². The summed E-state index contributed by atoms with van der Waals surface area (Å²) in [5, 5.41) is 4.10. The molecule has 124 valence electrons. The Labute approximate surface area is 138 Å². The van der Waals surface area contributed by atoms with Gasteiger partial charge in [-0.3, -0.25) is 4.98 Å². The lowest BCUT2D eigenvalue weighted by Gasteiger charge is -2.27. The molecule has 4 heteroatoms. The van der Waals surface area contributed by atoms with Gasteiger partial charge in [0, 0.05) is 24.4 Å². The molecule has 1 fully saturated rings. The van der Waals surface area contributed by atoms with Gasteiger partial charge in [-0.2, -0.15) is 4.98 Å². The van der Waals surface area contributed by atoms with Crippen LogP contribution in [0, 0.1) is 11.8 Å². The number of rotatable bonds is 7. The van der Waals surface area contributed by atoms with Crippen LogP contribution >= 0.6 is 0 Å². The van der Waals surface area contributed by atoms with Crippen LogP contribution in [0.2, 0.25) is 0 Å². The average Bonchev–Trinajstić information content (AvgIpc) is 3.06. The van der Waals surface area contributed by atoms with Crippen LogP contribution in [0.15, 0.2) is 29.0 Å². The molecule has 0 saturated heterocycles. The van der Waals surface area contributed by atoms with E-state index in [4.69, 9.17) is 4.52 Å². The lowest BCUT2D eigenvalue weighted by atomic mass is 9.78. The molecule has 0 unspecified atom stereocenters. The first-order valence-electron chi connectivity index (χ1n) is 9.08. The first-order valence-corrected chi connectivity index (χ1v) is 9.08. The number of hydrogen-bond donors (Lipinski definition) is 0. The zero-order valence-corrected chi connectivity index (χ0v) is 14.1. The van der Waals surface area contributed by atoms with Crippen molar-refractivity contribution in [2.45, 2.75) is 64.7 Å². The fraction of sp³-hybridized carbons (Fsp3) is 0.632. The van der Waals surface area contributed by atoms with Crippen LogP contribution in [-0.2, 0) is 6.42 Å². The summed E-state index contributed by atoms with van der Waals surface area (Å²) in [5.74, 6) is 3.12. The van der Waals surface area contributed by atoms with E-state index in [1.54, 1.807) is 12.4 Å². The van der Waals surface area contributed by atoms with E-state index < -0.39 is 0 Å². The number of pyridine rings is 1. The highest BCUT2D eigenvalue weighted by atomic mass is 16.5. The van der Waals surface area contributed by atoms with E-state index in [1.165, 1.54) is 51.4 Å². The first kappa shape index (κ1) is 16.2. The lowest BCUT2D eigenvalue weighted by molar-refractivity contribution is 0.241. The third kappa shape index (κ3) is 4.63. The molecule has 0 atom stereocenters. The molecule has 0 amide bonds. The molecule has 4 nitrogen and oxygen atoms in total. The molecule has 23 heavy (non-hydrogen) atoms. The zero-order valence-electron chi connectivity index (χ0n) is 14.1. The number of hydrogen-bond acceptors (Lipinski definition) is 4. The second kappa shape index (κ2) is 8.23. The van der Waals surface area contributed by atoms with Crippen molar-refractivity contribution in [2.75, 3.05) is 0 Å². The quantitative estimate of drug-likeness (QED) is 0.670. The highest BCUT2D eigenvalue weighted by Crippen LogP contribution is 2.33. The second-order valence-electron chi connectivity index (χ2n) is 6.83. The standard InChI is InChI=1S/C19H27N3O/c1-2-3-4-5-15-6-8-16(9-7-15)14-18-21-19(22-23-18)17-10-12-20-13-11-17/h10-13,15-16H,2-9,14H2,1H3. The summed E-state index contributed by atoms with van der Waals surface area (Å²) in [6, 6.07) is 3.83. The van der Waals surface area contributed by atoms with Gasteiger partial charge in [0.05, 0.1) is 0 Å². The Morgan fingerprint density at radius 2 is 1.78 bits per heavy atom. The molecule has 0 aliphatic heterocycles. The molecule has 1 aliphatic carbocycles. The second-order valence-corrected chi connectivity index (χ2v) is 6.83. The third-order valence-electron chi connectivity index (χ3n) is 5.05. The van der Waals surface area contributed by atoms with Gasteiger partial charge >= 0.3 is 0 Å². The summed E-state index contributed by atoms with van der Waals surface area (Å²) < 4.78 is 5.45. The summed E-state index contributed by atoms with van der Waals surface area (Å²) in [5.41, 5.74) is 0.967. The number of nitrogens with zero attached hydrogens (tertiary/aromatic N) is 3. The molecular weight excluding hydrogens is 286 g/mol. The SMILES string of the molecule is CCCCCC1CCC(Cc2nc(-c3ccncc3)no2)CC1. The molecular formula is C19H27N3O. The Kier molecular flexibility index (Phi) is 5.78. The molecule has 2 aromatic heterocycles. The number of aromatic nitrogens is 3. The van der Waals surface area contributed by atoms with Crippen LogP contribution in [0.1, 0.15) is 64.2 Å². The minimum atomic E-state index is 0.677. The van der Waals surface area contributed by atoms with Gasteiger partial charge in [-0.25, -0.2) is 0 Å². The maximum absolute atomic E-state index is 5.45. The topological polar surface area (TPSA) is 51.8 Å². The van der Waals surface area contributed by atoms with E-state index in [2.05, 4.69) is 22.0 Å². The Morgan fingerprint density at radius 1 is 1.04 bits per heavy atom. The van der Waals surface area contributed by atoms with Crippen molar-refractivity contribution in [1.82, 2.24) is 15.1 Å². The Balaban J connectivity index is 1.47. The van der Waals surface area contributed by atoms with Gasteiger partial charge in [-0.15, -0.1) is 0 Å². The Hall–Kier alpha value is -1.71. The molecule has 0 spiro atoms. The maximum Gasteiger partial charge on any atom is 0.227 e. The van der Waals surface area contributed by atoms with E-state index in [-0.39, 0.29) is 0 Å². The zero-order chi connectivity index (χ0) is 15.9. The molecule has 0 bridgehead atoms. The van der Waals surface area contributed by atoms with E-state index >= 15 is 0 Å². The third-order valence-corrected chi connectivity index (χ3v) is 5.05. The van der Waals surface area contributed by atoms with Crippen molar-refractivity contribution < 1.29 is 4.52 Å². The molecule has 3 rings (SSSR count). The highest BCUT2D eigenvalue weighted by Gasteiger charge is 2.23. The molecule has 0 N–H and O–H groups in total. The largest absolute Gasteiger partial charge is 0.339 e. The number of unbranched alkanes of at least 4 members (excludes halogenated alkanes) is 2. The minimum absolute atomic E-state index is 0.677. The normalized spacial score (nSPS) is 21.4. The molecule has 0 radical (unpaired) electrons. The first-order chi connectivity index (χ1) is 11.3. The monoisotopic (exact) mass is 313 g/mol. The van der Waals surface area contributed by atoms with Crippen LogP contribution in [0.5, 0.6) is 0 Å². The smallest absolute Gasteiger partial charge is 0.227 e. The molecule has 0 aromatic carbocycles. The summed E-state index contributed by atoms with van der Waals surface area (Å²) >= 11 is 0. The van der Waals surface area contributed by atoms with E-state index in [0.717, 1.165) is 23.8 Å². The van der Waals surface area contributed by atoms with E-state index in [1.807, 2.05) is 12.1 Å². The molecule has 1 aliphatic rings. The van der Waals surface area contributed by atoms with Crippen molar-refractivity contribution in [3.63, 3.8) is 0 Å². The van der Waals surface area contributed by atoms with Crippen LogP contribution in [0.25, 0.3) is 11.4 Å². The summed E-state index contributed by atoms with van der Waals surface area (Å²) in [4.78, 5) is 8.57. The summed E-state index contributed by atoms with van der Waals surface area (Å²) in [6.45, 7) is 2.28. The lowest BCUT2D eigenvalue weighted by Crippen LogP contribution is -2.16. The fourth-order valence-corrected chi connectivity index (χ4v) is 3.61. The Morgan fingerprint density at radius 3 is 2.52 bits per heavy atom. The van der Waals surface area contributed by atoms with Crippen molar-refractivity contribution in [1.29, 1.82) is 0 Å². The molecule has 1 saturated carbocycles. The minimum Gasteiger partial charge on any atom is -0.339 e. The molecule has 2 aromatic rings. The van der Waals surface area contributed by atoms with Gasteiger partial charge in [-0.1, -0.05) is 50.6 Å². The maximum atomic E-state index is 5.45. The van der Waals surface area contributed by atoms with Crippen molar-refractivity contribution in [3.05, 3.63) is 30.4 Å². The van der Waals surface area contributed by atoms with Crippen LogP contribution in [-0.4, -0.2) is 15.1 Å². The van der Waals surface area contributed by atoms with Crippen LogP contribution < -0.4 is 0 Å². The Bertz CT molecular complexity index is 573. The predicted molar refractivity (Wildman–Crippen MR) is 90.8 cm³/mol. The van der Waals surface area contributed by atoms with Gasteiger partial charge in [-0.05, 0) is 36.8 Å². The van der Waals surface area contributed by atoms with E-state index in [0.29, 0.717) is 11.7 Å². The van der Waals surface area contributed by atoms with E-state index in [9.17, 15) is 0 Å². The predicted octanol–water partition coefficient (Wildman–Crippen LogP) is 5.06. The van der Waals surface area contributed by atoms with Gasteiger partial charge in [0.2, 0.25) is 11.7 Å². The van der Waals surface area contributed by atoms with Gasteiger partial charge in [0.25, 0.3) is 0 Å². The summed E-state index contributed by atoms with van der Waals surface area (Å²) in [6.07, 6.45) is 15.4. The van der Waals surface area contributed by atoms with Crippen LogP contribution in [0.3, 0.4) is 0 Å². The van der Waals surface area contributed by atoms with Crippen molar-refractivity contribution in [2.24, 2.45) is 11.8 Å². The average molecular weight is 313 g/mol. The summed E-state index contributed by atoms with van der Waals surface area (Å²) in [7, 11) is 0.